The van der Waals surface area contributed by atoms with Gasteiger partial charge in [-0.3, -0.25) is 4.57 Å². The first-order valence-electron chi connectivity index (χ1n) is 7.79. The number of H-pyrrole nitrogens is 1. The van der Waals surface area contributed by atoms with Gasteiger partial charge in [-0.1, -0.05) is 0 Å². The molecule has 1 N–H and O–H groups in total. The molecule has 0 spiro atoms. The van der Waals surface area contributed by atoms with Gasteiger partial charge in [-0.15, -0.1) is 0 Å². The molecule has 2 aromatic heterocycles. The number of nitrogens with zero attached hydrogens (tertiary/aromatic N) is 3. The third-order valence-electron chi connectivity index (χ3n) is 3.87. The van der Waals surface area contributed by atoms with E-state index in [9.17, 15) is 9.59 Å². The van der Waals surface area contributed by atoms with E-state index in [2.05, 4.69) is 9.97 Å². The van der Waals surface area contributed by atoms with Crippen molar-refractivity contribution in [3.8, 4) is 0 Å². The Morgan fingerprint density at radius 3 is 2.87 bits per heavy atom. The third kappa shape index (κ3) is 3.09. The SMILES string of the molecule is Cc1cnc2c(c1)[nH]c(=O)n2C1CCN(C(=O)OC(C)(C)C)C1. The highest BCUT2D eigenvalue weighted by atomic mass is 16.6. The first kappa shape index (κ1) is 15.6. The minimum atomic E-state index is -0.522. The fraction of sp³-hybridized carbons (Fsp3) is 0.562. The number of nitrogens with one attached hydrogen (secondary N) is 1. The second kappa shape index (κ2) is 5.40. The standard InChI is InChI=1S/C16H22N4O3/c1-10-7-12-13(17-8-10)20(14(21)18-12)11-5-6-19(9-11)15(22)23-16(2,3)4/h7-8,11H,5-6,9H2,1-4H3,(H,18,21). The molecule has 3 rings (SSSR count). The zero-order chi connectivity index (χ0) is 16.8. The summed E-state index contributed by atoms with van der Waals surface area (Å²) in [7, 11) is 0. The molecule has 1 saturated heterocycles. The van der Waals surface area contributed by atoms with Gasteiger partial charge in [0.2, 0.25) is 0 Å². The van der Waals surface area contributed by atoms with Gasteiger partial charge in [-0.25, -0.2) is 14.6 Å². The van der Waals surface area contributed by atoms with Crippen molar-refractivity contribution < 1.29 is 9.53 Å². The zero-order valence-corrected chi connectivity index (χ0v) is 13.9. The maximum absolute atomic E-state index is 12.3. The van der Waals surface area contributed by atoms with Crippen LogP contribution in [0.1, 0.15) is 38.8 Å². The first-order chi connectivity index (χ1) is 10.7. The number of imidazole rings is 1. The van der Waals surface area contributed by atoms with Gasteiger partial charge in [0, 0.05) is 19.3 Å². The van der Waals surface area contributed by atoms with E-state index >= 15 is 0 Å². The highest BCUT2D eigenvalue weighted by Crippen LogP contribution is 2.25. The fourth-order valence-corrected chi connectivity index (χ4v) is 2.90. The number of amides is 1. The van der Waals surface area contributed by atoms with Gasteiger partial charge < -0.3 is 14.6 Å². The molecule has 0 aliphatic carbocycles. The van der Waals surface area contributed by atoms with Crippen LogP contribution in [0.15, 0.2) is 17.1 Å². The van der Waals surface area contributed by atoms with Crippen molar-refractivity contribution >= 4 is 17.3 Å². The molecule has 7 heteroatoms. The minimum Gasteiger partial charge on any atom is -0.444 e. The summed E-state index contributed by atoms with van der Waals surface area (Å²) < 4.78 is 7.05. The Bertz CT molecular complexity index is 800. The van der Waals surface area contributed by atoms with Crippen molar-refractivity contribution in [2.24, 2.45) is 0 Å². The predicted molar refractivity (Wildman–Crippen MR) is 86.6 cm³/mol. The summed E-state index contributed by atoms with van der Waals surface area (Å²) in [6, 6.07) is 1.82. The number of aromatic nitrogens is 3. The van der Waals surface area contributed by atoms with E-state index in [1.165, 1.54) is 0 Å². The van der Waals surface area contributed by atoms with Gasteiger partial charge in [-0.2, -0.15) is 0 Å². The van der Waals surface area contributed by atoms with Crippen molar-refractivity contribution in [1.82, 2.24) is 19.4 Å². The normalized spacial score (nSPS) is 18.6. The molecule has 124 valence electrons. The molecule has 0 aromatic carbocycles. The number of carbonyl (C=O) groups is 1. The minimum absolute atomic E-state index is 0.0843. The van der Waals surface area contributed by atoms with E-state index in [4.69, 9.17) is 4.74 Å². The Kier molecular flexibility index (Phi) is 3.66. The van der Waals surface area contributed by atoms with Crippen LogP contribution in [0.25, 0.3) is 11.2 Å². The summed E-state index contributed by atoms with van der Waals surface area (Å²) in [5.41, 5.74) is 1.65. The maximum Gasteiger partial charge on any atom is 0.410 e. The molecule has 2 aromatic rings. The molecule has 7 nitrogen and oxygen atoms in total. The van der Waals surface area contributed by atoms with Crippen molar-refractivity contribution in [3.63, 3.8) is 0 Å². The molecular weight excluding hydrogens is 296 g/mol. The number of carbonyl (C=O) groups excluding carboxylic acids is 1. The molecule has 0 saturated carbocycles. The summed E-state index contributed by atoms with van der Waals surface area (Å²) in [4.78, 5) is 33.3. The van der Waals surface area contributed by atoms with Crippen LogP contribution in [-0.4, -0.2) is 44.2 Å². The van der Waals surface area contributed by atoms with Crippen LogP contribution in [0.2, 0.25) is 0 Å². The molecule has 23 heavy (non-hydrogen) atoms. The van der Waals surface area contributed by atoms with E-state index in [-0.39, 0.29) is 17.8 Å². The Morgan fingerprint density at radius 1 is 1.43 bits per heavy atom. The van der Waals surface area contributed by atoms with Crippen molar-refractivity contribution in [2.75, 3.05) is 13.1 Å². The Balaban J connectivity index is 1.83. The van der Waals surface area contributed by atoms with Crippen molar-refractivity contribution in [3.05, 3.63) is 28.3 Å². The van der Waals surface area contributed by atoms with Gasteiger partial charge >= 0.3 is 11.8 Å². The van der Waals surface area contributed by atoms with Crippen LogP contribution >= 0.6 is 0 Å². The number of rotatable bonds is 1. The number of ether oxygens (including phenoxy) is 1. The van der Waals surface area contributed by atoms with Gasteiger partial charge in [0.05, 0.1) is 11.6 Å². The van der Waals surface area contributed by atoms with E-state index < -0.39 is 5.60 Å². The largest absolute Gasteiger partial charge is 0.444 e. The quantitative estimate of drug-likeness (QED) is 0.874. The summed E-state index contributed by atoms with van der Waals surface area (Å²) in [5, 5.41) is 0. The number of pyridine rings is 1. The van der Waals surface area contributed by atoms with Crippen molar-refractivity contribution in [1.29, 1.82) is 0 Å². The Morgan fingerprint density at radius 2 is 2.17 bits per heavy atom. The second-order valence-corrected chi connectivity index (χ2v) is 7.05. The number of aromatic amines is 1. The first-order valence-corrected chi connectivity index (χ1v) is 7.79. The smallest absolute Gasteiger partial charge is 0.410 e. The third-order valence-corrected chi connectivity index (χ3v) is 3.87. The van der Waals surface area contributed by atoms with E-state index in [0.29, 0.717) is 25.2 Å². The van der Waals surface area contributed by atoms with Gasteiger partial charge in [0.25, 0.3) is 0 Å². The molecular formula is C16H22N4O3. The molecule has 1 amide bonds. The lowest BCUT2D eigenvalue weighted by Gasteiger charge is -2.24. The highest BCUT2D eigenvalue weighted by molar-refractivity contribution is 5.72. The zero-order valence-electron chi connectivity index (χ0n) is 13.9. The van der Waals surface area contributed by atoms with Crippen LogP contribution in [-0.2, 0) is 4.74 Å². The lowest BCUT2D eigenvalue weighted by Crippen LogP contribution is -2.36. The predicted octanol–water partition coefficient (Wildman–Crippen LogP) is 2.21. The van der Waals surface area contributed by atoms with Crippen LogP contribution in [0.5, 0.6) is 0 Å². The van der Waals surface area contributed by atoms with E-state index in [1.54, 1.807) is 15.7 Å². The van der Waals surface area contributed by atoms with Crippen LogP contribution < -0.4 is 5.69 Å². The van der Waals surface area contributed by atoms with Crippen molar-refractivity contribution in [2.45, 2.75) is 45.8 Å². The number of hydrogen-bond acceptors (Lipinski definition) is 4. The van der Waals surface area contributed by atoms with E-state index in [0.717, 1.165) is 11.1 Å². The van der Waals surface area contributed by atoms with Crippen LogP contribution in [0.4, 0.5) is 4.79 Å². The fourth-order valence-electron chi connectivity index (χ4n) is 2.90. The van der Waals surface area contributed by atoms with Crippen LogP contribution in [0.3, 0.4) is 0 Å². The number of likely N-dealkylation sites (tertiary alicyclic amines) is 1. The van der Waals surface area contributed by atoms with Crippen LogP contribution in [0, 0.1) is 6.92 Å². The highest BCUT2D eigenvalue weighted by Gasteiger charge is 2.32. The van der Waals surface area contributed by atoms with Gasteiger partial charge in [-0.05, 0) is 45.7 Å². The molecule has 1 unspecified atom stereocenters. The Labute approximate surface area is 134 Å². The van der Waals surface area contributed by atoms with Gasteiger partial charge in [0.15, 0.2) is 5.65 Å². The average molecular weight is 318 g/mol. The second-order valence-electron chi connectivity index (χ2n) is 7.05. The number of fused-ring (bicyclic) bond motifs is 1. The molecule has 1 aliphatic rings. The summed E-state index contributed by atoms with van der Waals surface area (Å²) >= 11 is 0. The average Bonchev–Trinajstić information content (AvgIpc) is 2.99. The molecule has 1 aliphatic heterocycles. The molecule has 1 atom stereocenters. The summed E-state index contributed by atoms with van der Waals surface area (Å²) in [6.45, 7) is 8.49. The maximum atomic E-state index is 12.3. The molecule has 3 heterocycles. The summed E-state index contributed by atoms with van der Waals surface area (Å²) in [5.74, 6) is 0. The molecule has 1 fully saturated rings. The topological polar surface area (TPSA) is 80.2 Å². The Hall–Kier alpha value is -2.31. The molecule has 0 bridgehead atoms. The monoisotopic (exact) mass is 318 g/mol. The number of hydrogen-bond donors (Lipinski definition) is 1. The lowest BCUT2D eigenvalue weighted by atomic mass is 10.2. The lowest BCUT2D eigenvalue weighted by molar-refractivity contribution is 0.0289. The van der Waals surface area contributed by atoms with Gasteiger partial charge in [0.1, 0.15) is 5.60 Å². The molecule has 0 radical (unpaired) electrons. The van der Waals surface area contributed by atoms with E-state index in [1.807, 2.05) is 33.8 Å². The summed E-state index contributed by atoms with van der Waals surface area (Å²) in [6.07, 6.45) is 2.12. The number of aryl methyl sites for hydroxylation is 1.